The summed E-state index contributed by atoms with van der Waals surface area (Å²) in [6.07, 6.45) is -4.55. The van der Waals surface area contributed by atoms with Crippen LogP contribution in [-0.4, -0.2) is 17.9 Å². The van der Waals surface area contributed by atoms with E-state index < -0.39 is 23.7 Å². The number of carbonyl (C=O) groups excluding carboxylic acids is 2. The second kappa shape index (κ2) is 6.68. The fourth-order valence-electron chi connectivity index (χ4n) is 2.82. The van der Waals surface area contributed by atoms with Gasteiger partial charge in [-0.2, -0.15) is 13.2 Å². The number of nitrogens with zero attached hydrogens (tertiary/aromatic N) is 1. The first kappa shape index (κ1) is 17.2. The van der Waals surface area contributed by atoms with E-state index >= 15 is 0 Å². The highest BCUT2D eigenvalue weighted by Gasteiger charge is 2.39. The lowest BCUT2D eigenvalue weighted by Gasteiger charge is -2.17. The van der Waals surface area contributed by atoms with Crippen LogP contribution in [0.4, 0.5) is 18.9 Å². The molecule has 1 heterocycles. The summed E-state index contributed by atoms with van der Waals surface area (Å²) in [6.45, 7) is -0.151. The molecule has 0 radical (unpaired) electrons. The maximum Gasteiger partial charge on any atom is 0.416 e. The Morgan fingerprint density at radius 1 is 1.00 bits per heavy atom. The van der Waals surface area contributed by atoms with Crippen molar-refractivity contribution in [2.75, 3.05) is 4.90 Å². The van der Waals surface area contributed by atoms with Gasteiger partial charge in [-0.25, -0.2) is 4.90 Å². The number of benzene rings is 2. The number of alkyl halides is 3. The van der Waals surface area contributed by atoms with Gasteiger partial charge in [-0.15, -0.1) is 0 Å². The number of imide groups is 1. The summed E-state index contributed by atoms with van der Waals surface area (Å²) in [5.41, 5.74) is -0.259. The third-order valence-corrected chi connectivity index (χ3v) is 4.02. The molecule has 25 heavy (non-hydrogen) atoms. The van der Waals surface area contributed by atoms with Crippen LogP contribution >= 0.6 is 0 Å². The van der Waals surface area contributed by atoms with Crippen molar-refractivity contribution in [3.63, 3.8) is 0 Å². The molecule has 0 bridgehead atoms. The third kappa shape index (κ3) is 3.56. The molecule has 1 aliphatic rings. The first-order valence-corrected chi connectivity index (χ1v) is 7.68. The normalized spacial score (nSPS) is 18.0. The van der Waals surface area contributed by atoms with Crippen LogP contribution in [0.25, 0.3) is 0 Å². The first-order chi connectivity index (χ1) is 11.9. The van der Waals surface area contributed by atoms with Gasteiger partial charge in [0, 0.05) is 6.54 Å². The van der Waals surface area contributed by atoms with Crippen molar-refractivity contribution >= 4 is 17.5 Å². The number of anilines is 1. The predicted octanol–water partition coefficient (Wildman–Crippen LogP) is 3.13. The van der Waals surface area contributed by atoms with E-state index in [1.807, 2.05) is 0 Å². The Balaban J connectivity index is 1.74. The van der Waals surface area contributed by atoms with E-state index in [2.05, 4.69) is 5.32 Å². The molecule has 4 nitrogen and oxygen atoms in total. The Hall–Kier alpha value is -2.67. The summed E-state index contributed by atoms with van der Waals surface area (Å²) in [5, 5.41) is 2.78. The standard InChI is InChI=1S/C18H15F3N2O2/c19-18(20,21)14-9-5-4-6-12(14)11-22-15-10-16(24)23(17(15)25)13-7-2-1-3-8-13/h1-9,15,22H,10-11H2. The van der Waals surface area contributed by atoms with E-state index in [9.17, 15) is 22.8 Å². The maximum atomic E-state index is 13.0. The zero-order chi connectivity index (χ0) is 18.0. The SMILES string of the molecule is O=C1CC(NCc2ccccc2C(F)(F)F)C(=O)N1c1ccccc1. The molecule has 1 aliphatic heterocycles. The van der Waals surface area contributed by atoms with Crippen molar-refractivity contribution in [3.8, 4) is 0 Å². The molecule has 1 N–H and O–H groups in total. The van der Waals surface area contributed by atoms with E-state index in [0.29, 0.717) is 5.69 Å². The van der Waals surface area contributed by atoms with Crippen LogP contribution < -0.4 is 10.2 Å². The molecule has 1 atom stereocenters. The molecule has 1 saturated heterocycles. The molecule has 2 amide bonds. The Morgan fingerprint density at radius 3 is 2.32 bits per heavy atom. The zero-order valence-corrected chi connectivity index (χ0v) is 13.1. The molecule has 1 fully saturated rings. The summed E-state index contributed by atoms with van der Waals surface area (Å²) in [6, 6.07) is 12.8. The lowest BCUT2D eigenvalue weighted by molar-refractivity contribution is -0.138. The highest BCUT2D eigenvalue weighted by atomic mass is 19.4. The molecule has 7 heteroatoms. The Bertz CT molecular complexity index is 790. The monoisotopic (exact) mass is 348 g/mol. The largest absolute Gasteiger partial charge is 0.416 e. The molecule has 1 unspecified atom stereocenters. The third-order valence-electron chi connectivity index (χ3n) is 4.02. The van der Waals surface area contributed by atoms with Gasteiger partial charge in [0.2, 0.25) is 5.91 Å². The molecule has 0 aliphatic carbocycles. The highest BCUT2D eigenvalue weighted by molar-refractivity contribution is 6.22. The Kier molecular flexibility index (Phi) is 4.59. The molecule has 130 valence electrons. The van der Waals surface area contributed by atoms with Gasteiger partial charge in [0.25, 0.3) is 5.91 Å². The minimum atomic E-state index is -4.47. The van der Waals surface area contributed by atoms with Crippen LogP contribution in [0, 0.1) is 0 Å². The highest BCUT2D eigenvalue weighted by Crippen LogP contribution is 2.32. The number of nitrogens with one attached hydrogen (secondary N) is 1. The lowest BCUT2D eigenvalue weighted by atomic mass is 10.1. The van der Waals surface area contributed by atoms with Gasteiger partial charge in [-0.3, -0.25) is 9.59 Å². The molecular weight excluding hydrogens is 333 g/mol. The van der Waals surface area contributed by atoms with Gasteiger partial charge in [0.05, 0.1) is 23.7 Å². The molecule has 0 spiro atoms. The van der Waals surface area contributed by atoms with Gasteiger partial charge >= 0.3 is 6.18 Å². The van der Waals surface area contributed by atoms with Crippen LogP contribution in [0.1, 0.15) is 17.5 Å². The van der Waals surface area contributed by atoms with E-state index in [0.717, 1.165) is 11.0 Å². The van der Waals surface area contributed by atoms with E-state index in [4.69, 9.17) is 0 Å². The number of carbonyl (C=O) groups is 2. The van der Waals surface area contributed by atoms with Crippen molar-refractivity contribution in [1.29, 1.82) is 0 Å². The number of halogens is 3. The van der Waals surface area contributed by atoms with Gasteiger partial charge < -0.3 is 5.32 Å². The van der Waals surface area contributed by atoms with Gasteiger partial charge in [0.15, 0.2) is 0 Å². The van der Waals surface area contributed by atoms with Crippen LogP contribution in [0.2, 0.25) is 0 Å². The average molecular weight is 348 g/mol. The second-order valence-electron chi connectivity index (χ2n) is 5.70. The Morgan fingerprint density at radius 2 is 1.64 bits per heavy atom. The molecule has 0 saturated carbocycles. The van der Waals surface area contributed by atoms with Crippen molar-refractivity contribution in [3.05, 3.63) is 65.7 Å². The number of para-hydroxylation sites is 1. The topological polar surface area (TPSA) is 49.4 Å². The number of hydrogen-bond donors (Lipinski definition) is 1. The number of hydrogen-bond acceptors (Lipinski definition) is 3. The smallest absolute Gasteiger partial charge is 0.301 e. The van der Waals surface area contributed by atoms with Gasteiger partial charge in [0.1, 0.15) is 0 Å². The molecular formula is C18H15F3N2O2. The fourth-order valence-corrected chi connectivity index (χ4v) is 2.82. The summed E-state index contributed by atoms with van der Waals surface area (Å²) >= 11 is 0. The van der Waals surface area contributed by atoms with Crippen molar-refractivity contribution in [2.45, 2.75) is 25.2 Å². The Labute approximate surface area is 142 Å². The quantitative estimate of drug-likeness (QED) is 0.864. The minimum absolute atomic E-state index is 0.0356. The van der Waals surface area contributed by atoms with E-state index in [1.165, 1.54) is 18.2 Å². The predicted molar refractivity (Wildman–Crippen MR) is 85.6 cm³/mol. The zero-order valence-electron chi connectivity index (χ0n) is 13.1. The van der Waals surface area contributed by atoms with Gasteiger partial charge in [-0.1, -0.05) is 36.4 Å². The lowest BCUT2D eigenvalue weighted by Crippen LogP contribution is -2.38. The van der Waals surface area contributed by atoms with Crippen LogP contribution in [0.3, 0.4) is 0 Å². The maximum absolute atomic E-state index is 13.0. The molecule has 3 rings (SSSR count). The molecule has 2 aromatic rings. The molecule has 0 aromatic heterocycles. The van der Waals surface area contributed by atoms with Crippen LogP contribution in [0.5, 0.6) is 0 Å². The van der Waals surface area contributed by atoms with Crippen molar-refractivity contribution < 1.29 is 22.8 Å². The van der Waals surface area contributed by atoms with Crippen LogP contribution in [-0.2, 0) is 22.3 Å². The van der Waals surface area contributed by atoms with E-state index in [1.54, 1.807) is 30.3 Å². The fraction of sp³-hybridized carbons (Fsp3) is 0.222. The van der Waals surface area contributed by atoms with Gasteiger partial charge in [-0.05, 0) is 23.8 Å². The summed E-state index contributed by atoms with van der Waals surface area (Å²) < 4.78 is 39.0. The van der Waals surface area contributed by atoms with E-state index in [-0.39, 0.29) is 24.4 Å². The number of amides is 2. The minimum Gasteiger partial charge on any atom is -0.301 e. The van der Waals surface area contributed by atoms with Crippen molar-refractivity contribution in [1.82, 2.24) is 5.32 Å². The summed E-state index contributed by atoms with van der Waals surface area (Å²) in [4.78, 5) is 25.6. The molecule has 2 aromatic carbocycles. The number of rotatable bonds is 4. The summed E-state index contributed by atoms with van der Waals surface area (Å²) in [7, 11) is 0. The van der Waals surface area contributed by atoms with Crippen LogP contribution in [0.15, 0.2) is 54.6 Å². The summed E-state index contributed by atoms with van der Waals surface area (Å²) in [5.74, 6) is -0.835. The first-order valence-electron chi connectivity index (χ1n) is 7.68. The average Bonchev–Trinajstić information content (AvgIpc) is 2.87. The second-order valence-corrected chi connectivity index (χ2v) is 5.70. The van der Waals surface area contributed by atoms with Crippen molar-refractivity contribution in [2.24, 2.45) is 0 Å².